The van der Waals surface area contributed by atoms with Crippen LogP contribution in [-0.4, -0.2) is 28.3 Å². The second-order valence-electron chi connectivity index (χ2n) is 6.03. The fourth-order valence-corrected chi connectivity index (χ4v) is 3.97. The van der Waals surface area contributed by atoms with Gasteiger partial charge in [-0.2, -0.15) is 0 Å². The van der Waals surface area contributed by atoms with Crippen molar-refractivity contribution in [3.8, 4) is 0 Å². The molecule has 0 spiro atoms. The monoisotopic (exact) mass is 306 g/mol. The molecule has 1 aromatic rings. The topological polar surface area (TPSA) is 49.8 Å². The first-order chi connectivity index (χ1) is 10.4. The highest BCUT2D eigenvalue weighted by atomic mass is 32.2. The van der Waals surface area contributed by atoms with E-state index in [4.69, 9.17) is 9.97 Å². The second-order valence-corrected chi connectivity index (χ2v) is 7.11. The summed E-state index contributed by atoms with van der Waals surface area (Å²) in [4.78, 5) is 9.59. The summed E-state index contributed by atoms with van der Waals surface area (Å²) in [5.74, 6) is 3.16. The fourth-order valence-electron chi connectivity index (χ4n) is 3.08. The van der Waals surface area contributed by atoms with Crippen molar-refractivity contribution in [2.75, 3.05) is 22.9 Å². The molecule has 5 heteroatoms. The van der Waals surface area contributed by atoms with Gasteiger partial charge in [-0.25, -0.2) is 9.97 Å². The average Bonchev–Trinajstić information content (AvgIpc) is 3.01. The van der Waals surface area contributed by atoms with Gasteiger partial charge in [0.15, 0.2) is 5.82 Å². The Balaban J connectivity index is 1.78. The molecule has 0 atom stereocenters. The van der Waals surface area contributed by atoms with Crippen LogP contribution in [0, 0.1) is 0 Å². The predicted octanol–water partition coefficient (Wildman–Crippen LogP) is 4.08. The largest absolute Gasteiger partial charge is 0.379 e. The zero-order chi connectivity index (χ0) is 14.5. The summed E-state index contributed by atoms with van der Waals surface area (Å²) in [6.07, 6.45) is 9.93. The number of fused-ring (bicyclic) bond motifs is 1. The first-order valence-corrected chi connectivity index (χ1v) is 9.39. The minimum Gasteiger partial charge on any atom is -0.379 e. The lowest BCUT2D eigenvalue weighted by atomic mass is 10.2. The number of nitrogens with one attached hydrogen (secondary N) is 2. The first-order valence-electron chi connectivity index (χ1n) is 8.41. The van der Waals surface area contributed by atoms with Crippen molar-refractivity contribution in [2.45, 2.75) is 69.4 Å². The van der Waals surface area contributed by atoms with E-state index in [1.165, 1.54) is 44.9 Å². The summed E-state index contributed by atoms with van der Waals surface area (Å²) in [6.45, 7) is 3.25. The summed E-state index contributed by atoms with van der Waals surface area (Å²) in [5.41, 5.74) is 1.14. The Morgan fingerprint density at radius 2 is 2.10 bits per heavy atom. The van der Waals surface area contributed by atoms with Gasteiger partial charge in [0.05, 0.1) is 0 Å². The molecule has 21 heavy (non-hydrogen) atoms. The zero-order valence-electron chi connectivity index (χ0n) is 13.0. The molecule has 3 rings (SSSR count). The summed E-state index contributed by atoms with van der Waals surface area (Å²) in [7, 11) is 0. The maximum Gasteiger partial charge on any atom is 0.154 e. The van der Waals surface area contributed by atoms with Crippen LogP contribution in [-0.2, 0) is 6.42 Å². The van der Waals surface area contributed by atoms with Gasteiger partial charge >= 0.3 is 0 Å². The van der Waals surface area contributed by atoms with Crippen LogP contribution in [0.3, 0.4) is 0 Å². The number of rotatable bonds is 6. The Morgan fingerprint density at radius 1 is 1.24 bits per heavy atom. The molecule has 0 saturated heterocycles. The van der Waals surface area contributed by atoms with E-state index >= 15 is 0 Å². The Labute approximate surface area is 131 Å². The molecule has 1 aliphatic heterocycles. The SMILES string of the molecule is CCCCCc1nc(NC2CCCC2)c2c(n1)SCCN2. The van der Waals surface area contributed by atoms with Gasteiger partial charge < -0.3 is 10.6 Å². The van der Waals surface area contributed by atoms with E-state index in [0.717, 1.165) is 41.1 Å². The van der Waals surface area contributed by atoms with E-state index in [1.54, 1.807) is 0 Å². The lowest BCUT2D eigenvalue weighted by Crippen LogP contribution is -2.21. The van der Waals surface area contributed by atoms with Crippen molar-refractivity contribution in [3.63, 3.8) is 0 Å². The molecule has 1 saturated carbocycles. The van der Waals surface area contributed by atoms with Gasteiger partial charge in [-0.15, -0.1) is 11.8 Å². The molecular weight excluding hydrogens is 280 g/mol. The highest BCUT2D eigenvalue weighted by Gasteiger charge is 2.21. The zero-order valence-corrected chi connectivity index (χ0v) is 13.8. The summed E-state index contributed by atoms with van der Waals surface area (Å²) in [5, 5.41) is 8.31. The minimum absolute atomic E-state index is 0.598. The molecular formula is C16H26N4S. The van der Waals surface area contributed by atoms with E-state index in [-0.39, 0.29) is 0 Å². The molecule has 1 aliphatic carbocycles. The first kappa shape index (κ1) is 14.9. The quantitative estimate of drug-likeness (QED) is 0.612. The van der Waals surface area contributed by atoms with Crippen molar-refractivity contribution in [1.29, 1.82) is 0 Å². The van der Waals surface area contributed by atoms with Crippen molar-refractivity contribution in [3.05, 3.63) is 5.82 Å². The van der Waals surface area contributed by atoms with Crippen molar-refractivity contribution in [2.24, 2.45) is 0 Å². The molecule has 2 N–H and O–H groups in total. The van der Waals surface area contributed by atoms with Crippen LogP contribution >= 0.6 is 11.8 Å². The van der Waals surface area contributed by atoms with Gasteiger partial charge in [-0.3, -0.25) is 0 Å². The third kappa shape index (κ3) is 3.82. The third-order valence-electron chi connectivity index (χ3n) is 4.26. The summed E-state index contributed by atoms with van der Waals surface area (Å²) < 4.78 is 0. The normalized spacial score (nSPS) is 18.3. The molecule has 1 fully saturated rings. The number of unbranched alkanes of at least 4 members (excludes halogenated alkanes) is 2. The van der Waals surface area contributed by atoms with Crippen LogP contribution in [0.4, 0.5) is 11.5 Å². The number of thioether (sulfide) groups is 1. The standard InChI is InChI=1S/C16H26N4S/c1-2-3-4-9-13-19-15(18-12-7-5-6-8-12)14-16(20-13)21-11-10-17-14/h12,17H,2-11H2,1H3,(H,18,19,20). The maximum atomic E-state index is 4.82. The van der Waals surface area contributed by atoms with Crippen LogP contribution in [0.15, 0.2) is 5.03 Å². The van der Waals surface area contributed by atoms with E-state index in [1.807, 2.05) is 11.8 Å². The Morgan fingerprint density at radius 3 is 2.90 bits per heavy atom. The van der Waals surface area contributed by atoms with E-state index in [0.29, 0.717) is 6.04 Å². The molecule has 0 radical (unpaired) electrons. The van der Waals surface area contributed by atoms with Crippen LogP contribution in [0.1, 0.15) is 57.7 Å². The molecule has 4 nitrogen and oxygen atoms in total. The maximum absolute atomic E-state index is 4.82. The van der Waals surface area contributed by atoms with Crippen molar-refractivity contribution >= 4 is 23.3 Å². The molecule has 2 aliphatic rings. The molecule has 0 unspecified atom stereocenters. The van der Waals surface area contributed by atoms with Gasteiger partial charge in [0.2, 0.25) is 0 Å². The van der Waals surface area contributed by atoms with Gasteiger partial charge in [0, 0.05) is 24.8 Å². The number of aryl methyl sites for hydroxylation is 1. The van der Waals surface area contributed by atoms with Crippen molar-refractivity contribution < 1.29 is 0 Å². The number of hydrogen-bond acceptors (Lipinski definition) is 5. The van der Waals surface area contributed by atoms with E-state index in [2.05, 4.69) is 17.6 Å². The molecule has 0 amide bonds. The van der Waals surface area contributed by atoms with Gasteiger partial charge in [0.1, 0.15) is 16.5 Å². The summed E-state index contributed by atoms with van der Waals surface area (Å²) >= 11 is 1.86. The van der Waals surface area contributed by atoms with E-state index < -0.39 is 0 Å². The van der Waals surface area contributed by atoms with Crippen molar-refractivity contribution in [1.82, 2.24) is 9.97 Å². The average molecular weight is 306 g/mol. The van der Waals surface area contributed by atoms with E-state index in [9.17, 15) is 0 Å². The van der Waals surface area contributed by atoms with Gasteiger partial charge in [0.25, 0.3) is 0 Å². The minimum atomic E-state index is 0.598. The predicted molar refractivity (Wildman–Crippen MR) is 90.4 cm³/mol. The smallest absolute Gasteiger partial charge is 0.154 e. The van der Waals surface area contributed by atoms with Gasteiger partial charge in [-0.05, 0) is 19.3 Å². The molecule has 0 aromatic carbocycles. The number of anilines is 2. The van der Waals surface area contributed by atoms with Crippen LogP contribution in [0.5, 0.6) is 0 Å². The number of nitrogens with zero attached hydrogens (tertiary/aromatic N) is 2. The van der Waals surface area contributed by atoms with Crippen LogP contribution in [0.2, 0.25) is 0 Å². The Hall–Kier alpha value is -0.970. The molecule has 1 aromatic heterocycles. The lowest BCUT2D eigenvalue weighted by Gasteiger charge is -2.23. The Bertz CT molecular complexity index is 472. The highest BCUT2D eigenvalue weighted by molar-refractivity contribution is 7.99. The van der Waals surface area contributed by atoms with Crippen LogP contribution in [0.25, 0.3) is 0 Å². The lowest BCUT2D eigenvalue weighted by molar-refractivity contribution is 0.684. The third-order valence-corrected chi connectivity index (χ3v) is 5.24. The molecule has 2 heterocycles. The number of aromatic nitrogens is 2. The van der Waals surface area contributed by atoms with Gasteiger partial charge in [-0.1, -0.05) is 32.6 Å². The Kier molecular flexibility index (Phi) is 5.22. The second kappa shape index (κ2) is 7.34. The number of hydrogen-bond donors (Lipinski definition) is 2. The highest BCUT2D eigenvalue weighted by Crippen LogP contribution is 2.35. The van der Waals surface area contributed by atoms with Crippen LogP contribution < -0.4 is 10.6 Å². The fraction of sp³-hybridized carbons (Fsp3) is 0.750. The summed E-state index contributed by atoms with van der Waals surface area (Å²) in [6, 6.07) is 0.598. The molecule has 116 valence electrons. The molecule has 0 bridgehead atoms.